The minimum absolute atomic E-state index is 0.0371. The van der Waals surface area contributed by atoms with Crippen LogP contribution in [-0.4, -0.2) is 52.4 Å². The number of hydrogen-bond acceptors (Lipinski definition) is 10. The first kappa shape index (κ1) is 41.8. The van der Waals surface area contributed by atoms with Gasteiger partial charge in [0, 0.05) is 41.8 Å². The second kappa shape index (κ2) is 21.7. The van der Waals surface area contributed by atoms with Gasteiger partial charge in [-0.15, -0.1) is 0 Å². The number of phenols is 2. The largest absolute Gasteiger partial charge is 0.508 e. The van der Waals surface area contributed by atoms with Crippen LogP contribution in [0.4, 0.5) is 0 Å². The first-order valence-corrected chi connectivity index (χ1v) is 18.6. The molecule has 2 heterocycles. The third kappa shape index (κ3) is 12.0. The number of hydrogen-bond donors (Lipinski definition) is 5. The highest BCUT2D eigenvalue weighted by Gasteiger charge is 2.53. The SMILES string of the molecule is CCCCCCCCCCCCCCCC(=O)OCCN.C[C@H](N)C(=O)O.O=C1OC2(c3ccc(O)cc3Oc3cc(O)ccc32)c2ccccc21. The zero-order valence-electron chi connectivity index (χ0n) is 30.6. The van der Waals surface area contributed by atoms with E-state index < -0.39 is 23.6 Å². The van der Waals surface area contributed by atoms with Crippen LogP contribution in [0.1, 0.15) is 131 Å². The molecule has 0 aromatic heterocycles. The number of phenolic OH excluding ortho intramolecular Hbond substituents is 2. The van der Waals surface area contributed by atoms with E-state index in [1.54, 1.807) is 24.3 Å². The number of carboxylic acid groups (broad SMARTS) is 1. The molecule has 1 atom stereocenters. The van der Waals surface area contributed by atoms with Gasteiger partial charge in [0.15, 0.2) is 5.60 Å². The van der Waals surface area contributed by atoms with Gasteiger partial charge in [0.25, 0.3) is 0 Å². The topological polar surface area (TPSA) is 192 Å². The van der Waals surface area contributed by atoms with Gasteiger partial charge in [-0.1, -0.05) is 102 Å². The molecule has 0 bridgehead atoms. The maximum absolute atomic E-state index is 12.5. The Morgan fingerprint density at radius 3 is 1.73 bits per heavy atom. The van der Waals surface area contributed by atoms with Gasteiger partial charge in [-0.2, -0.15) is 0 Å². The van der Waals surface area contributed by atoms with Crippen molar-refractivity contribution in [1.29, 1.82) is 0 Å². The Hall–Kier alpha value is -4.61. The lowest BCUT2D eigenvalue weighted by atomic mass is 9.77. The summed E-state index contributed by atoms with van der Waals surface area (Å²) >= 11 is 0. The molecule has 52 heavy (non-hydrogen) atoms. The monoisotopic (exact) mass is 720 g/mol. The summed E-state index contributed by atoms with van der Waals surface area (Å²) in [7, 11) is 0. The van der Waals surface area contributed by atoms with Crippen LogP contribution in [0.2, 0.25) is 0 Å². The van der Waals surface area contributed by atoms with Crippen LogP contribution in [0, 0.1) is 0 Å². The molecule has 2 aliphatic heterocycles. The van der Waals surface area contributed by atoms with Crippen LogP contribution >= 0.6 is 0 Å². The number of ether oxygens (including phenoxy) is 3. The molecular formula is C41H56N2O9. The third-order valence-corrected chi connectivity index (χ3v) is 8.94. The Morgan fingerprint density at radius 2 is 1.25 bits per heavy atom. The Kier molecular flexibility index (Phi) is 17.4. The van der Waals surface area contributed by atoms with E-state index in [9.17, 15) is 24.6 Å². The number of carbonyl (C=O) groups is 3. The number of nitrogens with two attached hydrogens (primary N) is 2. The average Bonchev–Trinajstić information content (AvgIpc) is 3.41. The van der Waals surface area contributed by atoms with Crippen LogP contribution in [-0.2, 0) is 24.7 Å². The maximum Gasteiger partial charge on any atom is 0.340 e. The molecule has 1 spiro atoms. The Balaban J connectivity index is 0.000000247. The van der Waals surface area contributed by atoms with Crippen molar-refractivity contribution in [2.45, 2.75) is 115 Å². The van der Waals surface area contributed by atoms with Gasteiger partial charge in [-0.05, 0) is 43.7 Å². The van der Waals surface area contributed by atoms with E-state index in [4.69, 9.17) is 30.8 Å². The molecule has 11 nitrogen and oxygen atoms in total. The standard InChI is InChI=1S/C20H12O5.C18H37NO2.C3H7NO2/c21-11-5-7-15-17(9-11)24-18-10-12(22)6-8-16(18)20(15)14-4-2-1-3-13(14)19(23)25-20;1-2-3-4-5-6-7-8-9-10-11-12-13-14-15-18(20)21-17-16-19;1-2(4)3(5)6/h1-10,21-22H;2-17,19H2,1H3;2H,4H2,1H3,(H,5,6)/t;;2-/m..0/s1. The molecule has 5 rings (SSSR count). The molecule has 3 aromatic carbocycles. The van der Waals surface area contributed by atoms with Crippen LogP contribution in [0.15, 0.2) is 60.7 Å². The Labute approximate surface area is 307 Å². The van der Waals surface area contributed by atoms with Crippen molar-refractivity contribution in [3.8, 4) is 23.0 Å². The van der Waals surface area contributed by atoms with Gasteiger partial charge in [0.05, 0.1) is 5.56 Å². The summed E-state index contributed by atoms with van der Waals surface area (Å²) in [6, 6.07) is 15.9. The van der Waals surface area contributed by atoms with E-state index in [0.717, 1.165) is 12.8 Å². The number of aliphatic carboxylic acids is 1. The van der Waals surface area contributed by atoms with Crippen LogP contribution in [0.25, 0.3) is 0 Å². The molecule has 11 heteroatoms. The van der Waals surface area contributed by atoms with E-state index >= 15 is 0 Å². The highest BCUT2D eigenvalue weighted by molar-refractivity contribution is 5.97. The fraction of sp³-hybridized carbons (Fsp3) is 0.488. The van der Waals surface area contributed by atoms with Crippen LogP contribution in [0.3, 0.4) is 0 Å². The highest BCUT2D eigenvalue weighted by Crippen LogP contribution is 2.56. The highest BCUT2D eigenvalue weighted by atomic mass is 16.6. The smallest absolute Gasteiger partial charge is 0.340 e. The summed E-state index contributed by atoms with van der Waals surface area (Å²) in [4.78, 5) is 33.3. The van der Waals surface area contributed by atoms with E-state index in [-0.39, 0.29) is 17.5 Å². The maximum atomic E-state index is 12.5. The molecule has 0 saturated heterocycles. The molecule has 0 fully saturated rings. The molecule has 0 saturated carbocycles. The lowest BCUT2D eigenvalue weighted by molar-refractivity contribution is -0.143. The zero-order chi connectivity index (χ0) is 37.9. The van der Waals surface area contributed by atoms with Gasteiger partial charge in [0.1, 0.15) is 35.6 Å². The predicted octanol–water partition coefficient (Wildman–Crippen LogP) is 8.05. The van der Waals surface area contributed by atoms with Crippen molar-refractivity contribution in [3.63, 3.8) is 0 Å². The summed E-state index contributed by atoms with van der Waals surface area (Å²) in [6.07, 6.45) is 17.8. The summed E-state index contributed by atoms with van der Waals surface area (Å²) in [5.74, 6) is -0.649. The van der Waals surface area contributed by atoms with Crippen LogP contribution < -0.4 is 16.2 Å². The van der Waals surface area contributed by atoms with E-state index in [1.807, 2.05) is 12.1 Å². The first-order valence-electron chi connectivity index (χ1n) is 18.6. The van der Waals surface area contributed by atoms with Gasteiger partial charge < -0.3 is 41.0 Å². The molecule has 7 N–H and O–H groups in total. The molecule has 0 radical (unpaired) electrons. The Morgan fingerprint density at radius 1 is 0.769 bits per heavy atom. The van der Waals surface area contributed by atoms with E-state index in [1.165, 1.54) is 102 Å². The lowest BCUT2D eigenvalue weighted by Gasteiger charge is -2.36. The van der Waals surface area contributed by atoms with E-state index in [2.05, 4.69) is 6.92 Å². The number of carboxylic acids is 1. The zero-order valence-corrected chi connectivity index (χ0v) is 30.6. The number of esters is 2. The number of fused-ring (bicyclic) bond motifs is 6. The molecule has 3 aromatic rings. The summed E-state index contributed by atoms with van der Waals surface area (Å²) in [5.41, 5.74) is 11.4. The predicted molar refractivity (Wildman–Crippen MR) is 200 cm³/mol. The van der Waals surface area contributed by atoms with Gasteiger partial charge >= 0.3 is 17.9 Å². The molecule has 284 valence electrons. The summed E-state index contributed by atoms with van der Waals surface area (Å²) in [5, 5.41) is 27.5. The first-order chi connectivity index (χ1) is 25.0. The normalized spacial score (nSPS) is 13.5. The summed E-state index contributed by atoms with van der Waals surface area (Å²) < 4.78 is 16.7. The number of carbonyl (C=O) groups excluding carboxylic acids is 2. The van der Waals surface area contributed by atoms with Crippen molar-refractivity contribution in [2.24, 2.45) is 11.5 Å². The minimum atomic E-state index is -1.17. The fourth-order valence-electron chi connectivity index (χ4n) is 6.19. The molecule has 0 amide bonds. The van der Waals surface area contributed by atoms with Gasteiger partial charge in [-0.3, -0.25) is 9.59 Å². The van der Waals surface area contributed by atoms with Gasteiger partial charge in [0.2, 0.25) is 0 Å². The molecule has 2 aliphatic rings. The van der Waals surface area contributed by atoms with E-state index in [0.29, 0.717) is 53.3 Å². The van der Waals surface area contributed by atoms with Crippen LogP contribution in [0.5, 0.6) is 23.0 Å². The van der Waals surface area contributed by atoms with Crippen molar-refractivity contribution >= 4 is 17.9 Å². The number of benzene rings is 3. The molecule has 0 unspecified atom stereocenters. The van der Waals surface area contributed by atoms with Crippen molar-refractivity contribution in [3.05, 3.63) is 82.9 Å². The summed E-state index contributed by atoms with van der Waals surface area (Å²) in [6.45, 7) is 4.47. The Bertz CT molecular complexity index is 1540. The fourth-order valence-corrected chi connectivity index (χ4v) is 6.19. The lowest BCUT2D eigenvalue weighted by Crippen LogP contribution is -2.32. The third-order valence-electron chi connectivity index (χ3n) is 8.94. The second-order valence-corrected chi connectivity index (χ2v) is 13.2. The average molecular weight is 721 g/mol. The van der Waals surface area contributed by atoms with Crippen molar-refractivity contribution in [2.75, 3.05) is 13.2 Å². The van der Waals surface area contributed by atoms with Crippen molar-refractivity contribution < 1.29 is 43.9 Å². The number of rotatable bonds is 17. The quantitative estimate of drug-likeness (QED) is 0.0669. The minimum Gasteiger partial charge on any atom is -0.508 e. The molecular weight excluding hydrogens is 664 g/mol. The second-order valence-electron chi connectivity index (χ2n) is 13.2. The van der Waals surface area contributed by atoms with Crippen molar-refractivity contribution in [1.82, 2.24) is 0 Å². The van der Waals surface area contributed by atoms with Gasteiger partial charge in [-0.25, -0.2) is 4.79 Å². The molecule has 0 aliphatic carbocycles. The number of unbranched alkanes of at least 4 members (excludes halogenated alkanes) is 12. The number of aromatic hydroxyl groups is 2.